The van der Waals surface area contributed by atoms with Gasteiger partial charge in [0.2, 0.25) is 10.0 Å². The summed E-state index contributed by atoms with van der Waals surface area (Å²) in [4.78, 5) is 13.0. The molecule has 32 heavy (non-hydrogen) atoms. The van der Waals surface area contributed by atoms with Crippen LogP contribution in [0, 0.1) is 19.3 Å². The van der Waals surface area contributed by atoms with E-state index in [-0.39, 0.29) is 17.0 Å². The van der Waals surface area contributed by atoms with Crippen LogP contribution >= 0.6 is 0 Å². The fraction of sp³-hybridized carbons (Fsp3) is 0.320. The van der Waals surface area contributed by atoms with Gasteiger partial charge in [-0.1, -0.05) is 42.3 Å². The molecule has 1 atom stereocenters. The first-order valence-electron chi connectivity index (χ1n) is 9.99. The molecule has 7 heteroatoms. The topological polar surface area (TPSA) is 72.9 Å². The average Bonchev–Trinajstić information content (AvgIpc) is 2.72. The van der Waals surface area contributed by atoms with E-state index in [1.165, 1.54) is 19.2 Å². The summed E-state index contributed by atoms with van der Waals surface area (Å²) in [5.41, 5.74) is 0.595. The molecule has 0 fully saturated rings. The summed E-state index contributed by atoms with van der Waals surface area (Å²) in [6, 6.07) is 12.1. The Bertz CT molecular complexity index is 1100. The first-order valence-corrected chi connectivity index (χ1v) is 11.4. The second-order valence-electron chi connectivity index (χ2n) is 8.27. The normalized spacial score (nSPS) is 12.7. The Kier molecular flexibility index (Phi) is 7.89. The number of hydrogen-bond acceptors (Lipinski definition) is 5. The Hall–Kier alpha value is -3.08. The van der Waals surface area contributed by atoms with Crippen LogP contribution in [0.5, 0.6) is 5.75 Å². The highest BCUT2D eigenvalue weighted by Crippen LogP contribution is 2.34. The van der Waals surface area contributed by atoms with Crippen molar-refractivity contribution in [3.63, 3.8) is 0 Å². The molecule has 1 unspecified atom stereocenters. The Morgan fingerprint density at radius 2 is 1.69 bits per heavy atom. The lowest BCUT2D eigenvalue weighted by Crippen LogP contribution is -2.38. The molecule has 0 N–H and O–H groups in total. The summed E-state index contributed by atoms with van der Waals surface area (Å²) in [6.07, 6.45) is 5.55. The zero-order chi connectivity index (χ0) is 24.1. The Morgan fingerprint density at radius 3 is 2.16 bits per heavy atom. The second kappa shape index (κ2) is 10.0. The van der Waals surface area contributed by atoms with Crippen molar-refractivity contribution in [2.75, 3.05) is 13.7 Å². The maximum atomic E-state index is 13.6. The predicted molar refractivity (Wildman–Crippen MR) is 125 cm³/mol. The molecule has 0 aromatic heterocycles. The highest BCUT2D eigenvalue weighted by Gasteiger charge is 2.37. The summed E-state index contributed by atoms with van der Waals surface area (Å²) < 4.78 is 39.0. The van der Waals surface area contributed by atoms with Gasteiger partial charge in [0, 0.05) is 0 Å². The Labute approximate surface area is 190 Å². The number of benzene rings is 2. The van der Waals surface area contributed by atoms with Gasteiger partial charge in [0.05, 0.1) is 30.2 Å². The van der Waals surface area contributed by atoms with Gasteiger partial charge in [0.25, 0.3) is 0 Å². The summed E-state index contributed by atoms with van der Waals surface area (Å²) >= 11 is 0. The van der Waals surface area contributed by atoms with Crippen LogP contribution < -0.4 is 4.74 Å². The lowest BCUT2D eigenvalue weighted by molar-refractivity contribution is -0.150. The van der Waals surface area contributed by atoms with Crippen molar-refractivity contribution in [3.8, 4) is 18.1 Å². The quantitative estimate of drug-likeness (QED) is 0.338. The molecule has 0 aliphatic carbocycles. The maximum Gasteiger partial charge on any atom is 0.335 e. The van der Waals surface area contributed by atoms with E-state index in [2.05, 4.69) is 12.5 Å². The summed E-state index contributed by atoms with van der Waals surface area (Å²) in [5.74, 6) is 2.27. The minimum atomic E-state index is -4.07. The number of terminal acetylenes is 1. The van der Waals surface area contributed by atoms with Crippen LogP contribution in [-0.2, 0) is 19.6 Å². The van der Waals surface area contributed by atoms with Crippen molar-refractivity contribution >= 4 is 16.0 Å². The van der Waals surface area contributed by atoms with Crippen LogP contribution in [-0.4, -0.2) is 37.9 Å². The molecule has 2 rings (SSSR count). The van der Waals surface area contributed by atoms with Crippen LogP contribution in [0.15, 0.2) is 65.6 Å². The number of rotatable bonds is 8. The number of methoxy groups -OCH3 is 1. The van der Waals surface area contributed by atoms with Crippen molar-refractivity contribution in [2.45, 2.75) is 44.2 Å². The Balaban J connectivity index is 2.64. The molecule has 0 spiro atoms. The molecule has 170 valence electrons. The standard InChI is InChI=1S/C25H29NO5S/c1-8-17-26(32(28,29)22-15-9-18(2)10-16-22)23(19(3)24(27)31-25(4,5)6)20-11-13-21(30-7)14-12-20/h1,9-16,23H,3,17H2,2,4-7H3. The molecule has 0 radical (unpaired) electrons. The molecular formula is C25H29NO5S. The number of nitrogens with zero attached hydrogens (tertiary/aromatic N) is 1. The predicted octanol–water partition coefficient (Wildman–Crippen LogP) is 4.27. The highest BCUT2D eigenvalue weighted by atomic mass is 32.2. The lowest BCUT2D eigenvalue weighted by atomic mass is 9.99. The van der Waals surface area contributed by atoms with Crippen molar-refractivity contribution in [3.05, 3.63) is 71.8 Å². The van der Waals surface area contributed by atoms with E-state index in [1.807, 2.05) is 6.92 Å². The van der Waals surface area contributed by atoms with Gasteiger partial charge in [-0.2, -0.15) is 4.31 Å². The molecule has 0 heterocycles. The molecule has 0 amide bonds. The maximum absolute atomic E-state index is 13.6. The first-order chi connectivity index (χ1) is 14.9. The number of ether oxygens (including phenoxy) is 2. The van der Waals surface area contributed by atoms with Gasteiger partial charge in [-0.3, -0.25) is 0 Å². The number of esters is 1. The van der Waals surface area contributed by atoms with E-state index in [1.54, 1.807) is 57.2 Å². The molecule has 0 saturated heterocycles. The average molecular weight is 456 g/mol. The number of aryl methyl sites for hydroxylation is 1. The van der Waals surface area contributed by atoms with Gasteiger partial charge in [-0.05, 0) is 57.5 Å². The molecule has 2 aromatic rings. The minimum Gasteiger partial charge on any atom is -0.497 e. The molecular weight excluding hydrogens is 426 g/mol. The van der Waals surface area contributed by atoms with E-state index >= 15 is 0 Å². The van der Waals surface area contributed by atoms with Crippen molar-refractivity contribution in [1.82, 2.24) is 4.31 Å². The third-order valence-electron chi connectivity index (χ3n) is 4.59. The van der Waals surface area contributed by atoms with Crippen LogP contribution in [0.2, 0.25) is 0 Å². The molecule has 0 aliphatic rings. The fourth-order valence-electron chi connectivity index (χ4n) is 3.03. The minimum absolute atomic E-state index is 0.0453. The number of hydrogen-bond donors (Lipinski definition) is 0. The van der Waals surface area contributed by atoms with Crippen molar-refractivity contribution in [1.29, 1.82) is 0 Å². The third kappa shape index (κ3) is 6.00. The summed E-state index contributed by atoms with van der Waals surface area (Å²) in [7, 11) is -2.55. The van der Waals surface area contributed by atoms with E-state index in [4.69, 9.17) is 15.9 Å². The van der Waals surface area contributed by atoms with Crippen LogP contribution in [0.1, 0.15) is 37.9 Å². The Morgan fingerprint density at radius 1 is 1.12 bits per heavy atom. The number of sulfonamides is 1. The molecule has 0 aliphatic heterocycles. The largest absolute Gasteiger partial charge is 0.497 e. The summed E-state index contributed by atoms with van der Waals surface area (Å²) in [6.45, 7) is 10.7. The molecule has 6 nitrogen and oxygen atoms in total. The van der Waals surface area contributed by atoms with Gasteiger partial charge >= 0.3 is 5.97 Å². The number of carbonyl (C=O) groups excluding carboxylic acids is 1. The molecule has 0 saturated carbocycles. The SMILES string of the molecule is C#CCN(C(C(=C)C(=O)OC(C)(C)C)c1ccc(OC)cc1)S(=O)(=O)c1ccc(C)cc1. The van der Waals surface area contributed by atoms with Crippen molar-refractivity contribution < 1.29 is 22.7 Å². The van der Waals surface area contributed by atoms with Crippen LogP contribution in [0.3, 0.4) is 0 Å². The second-order valence-corrected chi connectivity index (χ2v) is 10.2. The van der Waals surface area contributed by atoms with Gasteiger partial charge in [-0.15, -0.1) is 6.42 Å². The summed E-state index contributed by atoms with van der Waals surface area (Å²) in [5, 5.41) is 0. The lowest BCUT2D eigenvalue weighted by Gasteiger charge is -2.32. The van der Waals surface area contributed by atoms with E-state index < -0.39 is 27.6 Å². The smallest absolute Gasteiger partial charge is 0.335 e. The zero-order valence-corrected chi connectivity index (χ0v) is 19.9. The van der Waals surface area contributed by atoms with Gasteiger partial charge in [0.15, 0.2) is 0 Å². The highest BCUT2D eigenvalue weighted by molar-refractivity contribution is 7.89. The first kappa shape index (κ1) is 25.2. The number of carbonyl (C=O) groups is 1. The van der Waals surface area contributed by atoms with Crippen molar-refractivity contribution in [2.24, 2.45) is 0 Å². The van der Waals surface area contributed by atoms with E-state index in [0.29, 0.717) is 11.3 Å². The monoisotopic (exact) mass is 455 g/mol. The zero-order valence-electron chi connectivity index (χ0n) is 19.1. The van der Waals surface area contributed by atoms with Gasteiger partial charge in [0.1, 0.15) is 11.4 Å². The van der Waals surface area contributed by atoms with Gasteiger partial charge < -0.3 is 9.47 Å². The van der Waals surface area contributed by atoms with E-state index in [0.717, 1.165) is 9.87 Å². The van der Waals surface area contributed by atoms with Crippen LogP contribution in [0.4, 0.5) is 0 Å². The van der Waals surface area contributed by atoms with Crippen LogP contribution in [0.25, 0.3) is 0 Å². The van der Waals surface area contributed by atoms with Gasteiger partial charge in [-0.25, -0.2) is 13.2 Å². The third-order valence-corrected chi connectivity index (χ3v) is 6.41. The fourth-order valence-corrected chi connectivity index (χ4v) is 4.56. The van der Waals surface area contributed by atoms with E-state index in [9.17, 15) is 13.2 Å². The molecule has 0 bridgehead atoms. The molecule has 2 aromatic carbocycles.